The Morgan fingerprint density at radius 2 is 1.79 bits per heavy atom. The van der Waals surface area contributed by atoms with Crippen LogP contribution in [0.3, 0.4) is 0 Å². The molecule has 2 aliphatic rings. The monoisotopic (exact) mass is 452 g/mol. The summed E-state index contributed by atoms with van der Waals surface area (Å²) in [4.78, 5) is 7.28. The van der Waals surface area contributed by atoms with E-state index in [4.69, 9.17) is 9.73 Å². The third-order valence-corrected chi connectivity index (χ3v) is 5.60. The highest BCUT2D eigenvalue weighted by Gasteiger charge is 2.34. The third-order valence-electron chi connectivity index (χ3n) is 5.60. The molecule has 0 amide bonds. The van der Waals surface area contributed by atoms with Gasteiger partial charge >= 0.3 is 0 Å². The Morgan fingerprint density at radius 3 is 2.33 bits per heavy atom. The van der Waals surface area contributed by atoms with E-state index in [1.807, 2.05) is 0 Å². The number of hydrogen-bond donors (Lipinski definition) is 2. The van der Waals surface area contributed by atoms with E-state index in [1.165, 1.54) is 25.7 Å². The third kappa shape index (κ3) is 6.33. The summed E-state index contributed by atoms with van der Waals surface area (Å²) in [6, 6.07) is 0.578. The number of halogens is 1. The fourth-order valence-electron chi connectivity index (χ4n) is 3.64. The van der Waals surface area contributed by atoms with Crippen LogP contribution in [-0.4, -0.2) is 62.8 Å². The van der Waals surface area contributed by atoms with Gasteiger partial charge in [-0.25, -0.2) is 0 Å². The molecule has 0 spiro atoms. The second kappa shape index (κ2) is 10.8. The highest BCUT2D eigenvalue weighted by Crippen LogP contribution is 2.26. The Labute approximate surface area is 165 Å². The van der Waals surface area contributed by atoms with Gasteiger partial charge in [0.05, 0.1) is 6.54 Å². The van der Waals surface area contributed by atoms with Gasteiger partial charge in [-0.2, -0.15) is 0 Å². The number of hydrogen-bond acceptors (Lipinski definition) is 3. The molecule has 1 saturated heterocycles. The van der Waals surface area contributed by atoms with Gasteiger partial charge < -0.3 is 20.3 Å². The lowest BCUT2D eigenvalue weighted by molar-refractivity contribution is -0.00255. The zero-order valence-corrected chi connectivity index (χ0v) is 18.3. The van der Waals surface area contributed by atoms with Gasteiger partial charge in [-0.05, 0) is 65.5 Å². The smallest absolute Gasteiger partial charge is 0.191 e. The van der Waals surface area contributed by atoms with E-state index in [-0.39, 0.29) is 29.5 Å². The molecule has 0 unspecified atom stereocenters. The maximum absolute atomic E-state index is 5.55. The second-order valence-electron chi connectivity index (χ2n) is 7.53. The van der Waals surface area contributed by atoms with E-state index in [1.54, 1.807) is 0 Å². The lowest BCUT2D eigenvalue weighted by Gasteiger charge is -2.41. The van der Waals surface area contributed by atoms with Crippen molar-refractivity contribution in [3.05, 3.63) is 0 Å². The predicted octanol–water partition coefficient (Wildman–Crippen LogP) is 2.85. The fraction of sp³-hybridized carbons (Fsp3) is 0.944. The summed E-state index contributed by atoms with van der Waals surface area (Å²) in [6.07, 6.45) is 7.30. The van der Waals surface area contributed by atoms with Crippen molar-refractivity contribution in [2.45, 2.75) is 64.0 Å². The summed E-state index contributed by atoms with van der Waals surface area (Å²) in [5.74, 6) is 1.87. The number of ether oxygens (including phenoxy) is 1. The fourth-order valence-corrected chi connectivity index (χ4v) is 3.64. The number of nitrogens with one attached hydrogen (secondary N) is 2. The van der Waals surface area contributed by atoms with Gasteiger partial charge in [0, 0.05) is 31.3 Å². The standard InChI is InChI=1S/C18H36N4O.HI/c1-5-19-17(21-16-8-6-15(2)7-9-16)20-14-18(22(3)4)10-12-23-13-11-18;/h15-16H,5-14H2,1-4H3,(H2,19,20,21);1H. The summed E-state index contributed by atoms with van der Waals surface area (Å²) in [6.45, 7) is 7.93. The zero-order chi connectivity index (χ0) is 16.7. The Morgan fingerprint density at radius 1 is 1.17 bits per heavy atom. The summed E-state index contributed by atoms with van der Waals surface area (Å²) in [5.41, 5.74) is 0.141. The normalized spacial score (nSPS) is 27.5. The molecule has 2 N–H and O–H groups in total. The van der Waals surface area contributed by atoms with Crippen LogP contribution in [0.5, 0.6) is 0 Å². The van der Waals surface area contributed by atoms with Crippen molar-refractivity contribution >= 4 is 29.9 Å². The van der Waals surface area contributed by atoms with E-state index in [0.717, 1.165) is 51.0 Å². The Kier molecular flexibility index (Phi) is 9.89. The van der Waals surface area contributed by atoms with E-state index in [2.05, 4.69) is 43.5 Å². The number of rotatable bonds is 5. The van der Waals surface area contributed by atoms with Crippen molar-refractivity contribution in [3.63, 3.8) is 0 Å². The van der Waals surface area contributed by atoms with Gasteiger partial charge in [0.2, 0.25) is 0 Å². The van der Waals surface area contributed by atoms with Gasteiger partial charge in [0.1, 0.15) is 0 Å². The first-order chi connectivity index (χ1) is 11.1. The molecule has 1 aliphatic carbocycles. The molecule has 1 saturated carbocycles. The molecule has 24 heavy (non-hydrogen) atoms. The SMILES string of the molecule is CCNC(=NCC1(N(C)C)CCOCC1)NC1CCC(C)CC1.I. The predicted molar refractivity (Wildman–Crippen MR) is 112 cm³/mol. The van der Waals surface area contributed by atoms with Crippen molar-refractivity contribution in [2.75, 3.05) is 40.4 Å². The zero-order valence-electron chi connectivity index (χ0n) is 15.9. The number of aliphatic imine (C=N–C) groups is 1. The number of nitrogens with zero attached hydrogens (tertiary/aromatic N) is 2. The van der Waals surface area contributed by atoms with Gasteiger partial charge in [-0.1, -0.05) is 6.92 Å². The maximum Gasteiger partial charge on any atom is 0.191 e. The minimum Gasteiger partial charge on any atom is -0.381 e. The Balaban J connectivity index is 0.00000288. The van der Waals surface area contributed by atoms with Crippen molar-refractivity contribution < 1.29 is 4.74 Å². The van der Waals surface area contributed by atoms with Crippen LogP contribution in [0, 0.1) is 5.92 Å². The molecular formula is C18H37IN4O. The second-order valence-corrected chi connectivity index (χ2v) is 7.53. The number of guanidine groups is 1. The van der Waals surface area contributed by atoms with Crippen LogP contribution < -0.4 is 10.6 Å². The van der Waals surface area contributed by atoms with E-state index >= 15 is 0 Å². The first-order valence-electron chi connectivity index (χ1n) is 9.36. The topological polar surface area (TPSA) is 48.9 Å². The average molecular weight is 452 g/mol. The van der Waals surface area contributed by atoms with Gasteiger partial charge in [0.25, 0.3) is 0 Å². The quantitative estimate of drug-likeness (QED) is 0.383. The van der Waals surface area contributed by atoms with Crippen molar-refractivity contribution in [2.24, 2.45) is 10.9 Å². The average Bonchev–Trinajstić information content (AvgIpc) is 2.55. The van der Waals surface area contributed by atoms with Crippen LogP contribution in [0.4, 0.5) is 0 Å². The van der Waals surface area contributed by atoms with Crippen LogP contribution in [0.2, 0.25) is 0 Å². The van der Waals surface area contributed by atoms with Crippen molar-refractivity contribution in [3.8, 4) is 0 Å². The molecule has 2 fully saturated rings. The summed E-state index contributed by atoms with van der Waals surface area (Å²) >= 11 is 0. The molecule has 6 heteroatoms. The summed E-state index contributed by atoms with van der Waals surface area (Å²) in [5, 5.41) is 7.09. The van der Waals surface area contributed by atoms with Gasteiger partial charge in [-0.15, -0.1) is 24.0 Å². The van der Waals surface area contributed by atoms with E-state index in [9.17, 15) is 0 Å². The molecule has 0 bridgehead atoms. The maximum atomic E-state index is 5.55. The molecule has 0 aromatic heterocycles. The molecule has 2 rings (SSSR count). The first-order valence-corrected chi connectivity index (χ1v) is 9.36. The Hall–Kier alpha value is -0.0800. The summed E-state index contributed by atoms with van der Waals surface area (Å²) in [7, 11) is 4.34. The molecule has 0 aromatic carbocycles. The minimum absolute atomic E-state index is 0. The molecule has 1 heterocycles. The lowest BCUT2D eigenvalue weighted by Crippen LogP contribution is -2.52. The molecular weight excluding hydrogens is 415 g/mol. The Bertz CT molecular complexity index is 375. The van der Waals surface area contributed by atoms with E-state index < -0.39 is 0 Å². The molecule has 1 aliphatic heterocycles. The highest BCUT2D eigenvalue weighted by molar-refractivity contribution is 14.0. The lowest BCUT2D eigenvalue weighted by atomic mass is 9.87. The summed E-state index contributed by atoms with van der Waals surface area (Å²) < 4.78 is 5.55. The van der Waals surface area contributed by atoms with Crippen LogP contribution in [-0.2, 0) is 4.74 Å². The number of likely N-dealkylation sites (N-methyl/N-ethyl adjacent to an activating group) is 1. The largest absolute Gasteiger partial charge is 0.381 e. The van der Waals surface area contributed by atoms with Crippen LogP contribution >= 0.6 is 24.0 Å². The van der Waals surface area contributed by atoms with Crippen molar-refractivity contribution in [1.82, 2.24) is 15.5 Å². The molecule has 142 valence electrons. The first kappa shape index (κ1) is 22.0. The van der Waals surface area contributed by atoms with Crippen molar-refractivity contribution in [1.29, 1.82) is 0 Å². The van der Waals surface area contributed by atoms with Crippen LogP contribution in [0.1, 0.15) is 52.4 Å². The van der Waals surface area contributed by atoms with Crippen LogP contribution in [0.15, 0.2) is 4.99 Å². The van der Waals surface area contributed by atoms with Gasteiger partial charge in [-0.3, -0.25) is 4.99 Å². The highest BCUT2D eigenvalue weighted by atomic mass is 127. The molecule has 0 aromatic rings. The minimum atomic E-state index is 0. The molecule has 5 nitrogen and oxygen atoms in total. The molecule has 0 atom stereocenters. The van der Waals surface area contributed by atoms with Crippen LogP contribution in [0.25, 0.3) is 0 Å². The molecule has 0 radical (unpaired) electrons. The van der Waals surface area contributed by atoms with E-state index in [0.29, 0.717) is 6.04 Å². The van der Waals surface area contributed by atoms with Gasteiger partial charge in [0.15, 0.2) is 5.96 Å².